The van der Waals surface area contributed by atoms with Gasteiger partial charge >= 0.3 is 0 Å². The fourth-order valence-electron chi connectivity index (χ4n) is 2.46. The molecule has 0 amide bonds. The maximum atomic E-state index is 13.7. The number of hydrogen-bond acceptors (Lipinski definition) is 4. The van der Waals surface area contributed by atoms with E-state index in [-0.39, 0.29) is 11.4 Å². The molecule has 11 heteroatoms. The number of benzene rings is 2. The maximum absolute atomic E-state index is 13.7. The summed E-state index contributed by atoms with van der Waals surface area (Å²) in [5.41, 5.74) is 0.394. The van der Waals surface area contributed by atoms with Gasteiger partial charge in [0.2, 0.25) is 20.0 Å². The molecular weight excluding hydrogens is 417 g/mol. The summed E-state index contributed by atoms with van der Waals surface area (Å²) in [4.78, 5) is -0.971. The standard InChI is InChI=1S/C17H19F3N2O4S2/c1-3-22(4-2)28(25,26)13-7-5-12(6-8-13)11-21-27(23,24)15-10-9-14(18)16(19)17(15)20/h5-10,21H,3-4,11H2,1-2H3. The molecule has 0 aromatic heterocycles. The minimum atomic E-state index is -4.45. The Bertz CT molecular complexity index is 1050. The van der Waals surface area contributed by atoms with Gasteiger partial charge in [0.25, 0.3) is 0 Å². The first kappa shape index (κ1) is 22.3. The van der Waals surface area contributed by atoms with Gasteiger partial charge in [-0.1, -0.05) is 26.0 Å². The third-order valence-corrected chi connectivity index (χ3v) is 7.50. The summed E-state index contributed by atoms with van der Waals surface area (Å²) in [5, 5.41) is 0. The molecule has 28 heavy (non-hydrogen) atoms. The molecule has 0 heterocycles. The number of rotatable bonds is 8. The van der Waals surface area contributed by atoms with E-state index in [0.717, 1.165) is 0 Å². The Balaban J connectivity index is 2.19. The molecule has 6 nitrogen and oxygen atoms in total. The van der Waals surface area contributed by atoms with Crippen molar-refractivity contribution in [1.82, 2.24) is 9.03 Å². The molecule has 0 aliphatic heterocycles. The number of sulfonamides is 2. The summed E-state index contributed by atoms with van der Waals surface area (Å²) in [7, 11) is -8.10. The molecule has 0 saturated carbocycles. The highest BCUT2D eigenvalue weighted by Gasteiger charge is 2.24. The SMILES string of the molecule is CCN(CC)S(=O)(=O)c1ccc(CNS(=O)(=O)c2ccc(F)c(F)c2F)cc1. The summed E-state index contributed by atoms with van der Waals surface area (Å²) in [5.74, 6) is -5.19. The molecule has 154 valence electrons. The minimum absolute atomic E-state index is 0.0504. The average Bonchev–Trinajstić information content (AvgIpc) is 2.65. The lowest BCUT2D eigenvalue weighted by Crippen LogP contribution is -2.30. The molecule has 0 saturated heterocycles. The van der Waals surface area contributed by atoms with Crippen LogP contribution >= 0.6 is 0 Å². The van der Waals surface area contributed by atoms with Crippen LogP contribution in [0.5, 0.6) is 0 Å². The molecule has 0 aliphatic carbocycles. The largest absolute Gasteiger partial charge is 0.243 e. The predicted molar refractivity (Wildman–Crippen MR) is 96.9 cm³/mol. The van der Waals surface area contributed by atoms with Crippen molar-refractivity contribution in [1.29, 1.82) is 0 Å². The molecule has 0 aliphatic rings. The molecule has 2 aromatic rings. The van der Waals surface area contributed by atoms with Crippen molar-refractivity contribution in [2.24, 2.45) is 0 Å². The van der Waals surface area contributed by atoms with Gasteiger partial charge in [-0.3, -0.25) is 0 Å². The van der Waals surface area contributed by atoms with Gasteiger partial charge in [0.15, 0.2) is 17.5 Å². The highest BCUT2D eigenvalue weighted by Crippen LogP contribution is 2.20. The van der Waals surface area contributed by atoms with Crippen LogP contribution in [0.1, 0.15) is 19.4 Å². The van der Waals surface area contributed by atoms with Gasteiger partial charge in [-0.2, -0.15) is 4.31 Å². The minimum Gasteiger partial charge on any atom is -0.207 e. The first-order valence-corrected chi connectivity index (χ1v) is 11.2. The molecule has 0 radical (unpaired) electrons. The monoisotopic (exact) mass is 436 g/mol. The van der Waals surface area contributed by atoms with Crippen molar-refractivity contribution < 1.29 is 30.0 Å². The Hall–Kier alpha value is -1.95. The van der Waals surface area contributed by atoms with Gasteiger partial charge in [0, 0.05) is 19.6 Å². The quantitative estimate of drug-likeness (QED) is 0.645. The van der Waals surface area contributed by atoms with E-state index in [2.05, 4.69) is 4.72 Å². The van der Waals surface area contributed by atoms with Gasteiger partial charge < -0.3 is 0 Å². The van der Waals surface area contributed by atoms with E-state index < -0.39 is 42.4 Å². The molecule has 0 fully saturated rings. The zero-order chi connectivity index (χ0) is 21.1. The van der Waals surface area contributed by atoms with Crippen LogP contribution < -0.4 is 4.72 Å². The summed E-state index contributed by atoms with van der Waals surface area (Å²) >= 11 is 0. The number of nitrogens with one attached hydrogen (secondary N) is 1. The lowest BCUT2D eigenvalue weighted by molar-refractivity contribution is 0.431. The highest BCUT2D eigenvalue weighted by atomic mass is 32.2. The predicted octanol–water partition coefficient (Wildman–Crippen LogP) is 2.61. The summed E-state index contributed by atoms with van der Waals surface area (Å²) < 4.78 is 92.4. The van der Waals surface area contributed by atoms with E-state index in [0.29, 0.717) is 30.8 Å². The second-order valence-corrected chi connectivity index (χ2v) is 9.40. The first-order valence-electron chi connectivity index (χ1n) is 8.26. The van der Waals surface area contributed by atoms with Crippen molar-refractivity contribution in [3.8, 4) is 0 Å². The third-order valence-electron chi connectivity index (χ3n) is 4.02. The Morgan fingerprint density at radius 1 is 0.857 bits per heavy atom. The van der Waals surface area contributed by atoms with E-state index in [9.17, 15) is 30.0 Å². The maximum Gasteiger partial charge on any atom is 0.243 e. The van der Waals surface area contributed by atoms with Gasteiger partial charge in [0.05, 0.1) is 4.90 Å². The lowest BCUT2D eigenvalue weighted by Gasteiger charge is -2.18. The Kier molecular flexibility index (Phi) is 6.86. The number of nitrogens with zero attached hydrogens (tertiary/aromatic N) is 1. The average molecular weight is 436 g/mol. The Morgan fingerprint density at radius 3 is 1.96 bits per heavy atom. The van der Waals surface area contributed by atoms with Crippen molar-refractivity contribution in [3.05, 3.63) is 59.4 Å². The van der Waals surface area contributed by atoms with Crippen LogP contribution in [0.25, 0.3) is 0 Å². The van der Waals surface area contributed by atoms with E-state index in [1.54, 1.807) is 13.8 Å². The van der Waals surface area contributed by atoms with Crippen LogP contribution in [-0.4, -0.2) is 34.2 Å². The summed E-state index contributed by atoms with van der Waals surface area (Å²) in [6, 6.07) is 6.60. The second kappa shape index (κ2) is 8.60. The zero-order valence-corrected chi connectivity index (χ0v) is 16.7. The highest BCUT2D eigenvalue weighted by molar-refractivity contribution is 7.89. The van der Waals surface area contributed by atoms with Gasteiger partial charge in [0.1, 0.15) is 4.90 Å². The molecular formula is C17H19F3N2O4S2. The third kappa shape index (κ3) is 4.54. The van der Waals surface area contributed by atoms with E-state index in [1.165, 1.54) is 28.6 Å². The van der Waals surface area contributed by atoms with E-state index >= 15 is 0 Å². The fourth-order valence-corrected chi connectivity index (χ4v) is 5.01. The van der Waals surface area contributed by atoms with E-state index in [1.807, 2.05) is 0 Å². The molecule has 0 bridgehead atoms. The van der Waals surface area contributed by atoms with Crippen LogP contribution in [0, 0.1) is 17.5 Å². The van der Waals surface area contributed by atoms with Crippen LogP contribution in [0.2, 0.25) is 0 Å². The number of hydrogen-bond donors (Lipinski definition) is 1. The van der Waals surface area contributed by atoms with Crippen molar-refractivity contribution in [2.45, 2.75) is 30.2 Å². The molecule has 0 spiro atoms. The smallest absolute Gasteiger partial charge is 0.207 e. The van der Waals surface area contributed by atoms with Gasteiger partial charge in [-0.25, -0.2) is 34.7 Å². The van der Waals surface area contributed by atoms with Gasteiger partial charge in [-0.05, 0) is 29.8 Å². The van der Waals surface area contributed by atoms with Crippen molar-refractivity contribution >= 4 is 20.0 Å². The van der Waals surface area contributed by atoms with Crippen molar-refractivity contribution in [3.63, 3.8) is 0 Å². The van der Waals surface area contributed by atoms with Crippen LogP contribution in [0.4, 0.5) is 13.2 Å². The molecule has 2 rings (SSSR count). The number of halogens is 3. The molecule has 0 atom stereocenters. The fraction of sp³-hybridized carbons (Fsp3) is 0.294. The van der Waals surface area contributed by atoms with E-state index in [4.69, 9.17) is 0 Å². The zero-order valence-electron chi connectivity index (χ0n) is 15.1. The second-order valence-electron chi connectivity index (χ2n) is 5.73. The lowest BCUT2D eigenvalue weighted by atomic mass is 10.2. The Labute approximate surface area is 162 Å². The van der Waals surface area contributed by atoms with Crippen LogP contribution in [-0.2, 0) is 26.6 Å². The topological polar surface area (TPSA) is 83.6 Å². The van der Waals surface area contributed by atoms with Gasteiger partial charge in [-0.15, -0.1) is 0 Å². The van der Waals surface area contributed by atoms with Crippen molar-refractivity contribution in [2.75, 3.05) is 13.1 Å². The first-order chi connectivity index (χ1) is 13.0. The molecule has 1 N–H and O–H groups in total. The van der Waals surface area contributed by atoms with Crippen LogP contribution in [0.3, 0.4) is 0 Å². The van der Waals surface area contributed by atoms with Crippen LogP contribution in [0.15, 0.2) is 46.2 Å². The molecule has 2 aromatic carbocycles. The summed E-state index contributed by atoms with van der Waals surface area (Å²) in [6.45, 7) is 3.73. The Morgan fingerprint density at radius 2 is 1.43 bits per heavy atom. The molecule has 0 unspecified atom stereocenters. The normalized spacial score (nSPS) is 12.5. The summed E-state index contributed by atoms with van der Waals surface area (Å²) in [6.07, 6.45) is 0.